The van der Waals surface area contributed by atoms with Crippen LogP contribution in [0.5, 0.6) is 0 Å². The fraction of sp³-hybridized carbons (Fsp3) is 0.583. The minimum absolute atomic E-state index is 0.0712. The van der Waals surface area contributed by atoms with Gasteiger partial charge in [0.2, 0.25) is 0 Å². The number of hydrogen-bond donors (Lipinski definition) is 3. The normalized spacial score (nSPS) is 15.1. The van der Waals surface area contributed by atoms with E-state index in [0.29, 0.717) is 12.5 Å². The van der Waals surface area contributed by atoms with E-state index in [0.717, 1.165) is 12.8 Å². The SMILES string of the molecule is C#CCN(CC1CC1)C(=O)N[C@@H](CC(=O)O)C(=O)O. The molecule has 0 aromatic heterocycles. The quantitative estimate of drug-likeness (QED) is 0.562. The molecule has 0 bridgehead atoms. The summed E-state index contributed by atoms with van der Waals surface area (Å²) in [5.41, 5.74) is 0. The number of carboxylic acids is 2. The van der Waals surface area contributed by atoms with Crippen LogP contribution in [0.25, 0.3) is 0 Å². The first-order valence-electron chi connectivity index (χ1n) is 5.87. The highest BCUT2D eigenvalue weighted by atomic mass is 16.4. The van der Waals surface area contributed by atoms with Crippen LogP contribution >= 0.6 is 0 Å². The van der Waals surface area contributed by atoms with Crippen LogP contribution in [0.4, 0.5) is 4.79 Å². The number of terminal acetylenes is 1. The lowest BCUT2D eigenvalue weighted by Crippen LogP contribution is -2.49. The lowest BCUT2D eigenvalue weighted by molar-refractivity contribution is -0.145. The average molecular weight is 268 g/mol. The second kappa shape index (κ2) is 6.64. The number of amides is 2. The highest BCUT2D eigenvalue weighted by Gasteiger charge is 2.29. The predicted octanol–water partition coefficient (Wildman–Crippen LogP) is -0.0309. The number of hydrogen-bond acceptors (Lipinski definition) is 3. The molecule has 2 amide bonds. The maximum absolute atomic E-state index is 11.9. The molecule has 7 heteroatoms. The van der Waals surface area contributed by atoms with Gasteiger partial charge in [0.1, 0.15) is 6.04 Å². The Hall–Kier alpha value is -2.23. The van der Waals surface area contributed by atoms with Crippen LogP contribution in [-0.2, 0) is 9.59 Å². The van der Waals surface area contributed by atoms with Gasteiger partial charge < -0.3 is 20.4 Å². The molecule has 19 heavy (non-hydrogen) atoms. The molecule has 0 heterocycles. The summed E-state index contributed by atoms with van der Waals surface area (Å²) in [5, 5.41) is 19.6. The molecule has 0 saturated heterocycles. The van der Waals surface area contributed by atoms with Gasteiger partial charge in [0.25, 0.3) is 0 Å². The lowest BCUT2D eigenvalue weighted by Gasteiger charge is -2.22. The smallest absolute Gasteiger partial charge is 0.326 e. The van der Waals surface area contributed by atoms with Crippen LogP contribution in [-0.4, -0.2) is 52.2 Å². The van der Waals surface area contributed by atoms with E-state index in [-0.39, 0.29) is 6.54 Å². The summed E-state index contributed by atoms with van der Waals surface area (Å²) in [5.74, 6) is 0.0515. The van der Waals surface area contributed by atoms with Gasteiger partial charge in [-0.1, -0.05) is 5.92 Å². The van der Waals surface area contributed by atoms with Crippen LogP contribution in [0.2, 0.25) is 0 Å². The zero-order valence-corrected chi connectivity index (χ0v) is 10.3. The Labute approximate surface area is 110 Å². The molecule has 7 nitrogen and oxygen atoms in total. The molecule has 1 atom stereocenters. The third-order valence-corrected chi connectivity index (χ3v) is 2.72. The summed E-state index contributed by atoms with van der Waals surface area (Å²) in [6.45, 7) is 0.539. The highest BCUT2D eigenvalue weighted by Crippen LogP contribution is 2.29. The van der Waals surface area contributed by atoms with Crippen LogP contribution in [0.15, 0.2) is 0 Å². The van der Waals surface area contributed by atoms with E-state index in [2.05, 4.69) is 11.2 Å². The predicted molar refractivity (Wildman–Crippen MR) is 65.3 cm³/mol. The number of carbonyl (C=O) groups is 3. The number of carboxylic acid groups (broad SMARTS) is 2. The van der Waals surface area contributed by atoms with Gasteiger partial charge in [-0.15, -0.1) is 6.42 Å². The maximum Gasteiger partial charge on any atom is 0.326 e. The van der Waals surface area contributed by atoms with Crippen LogP contribution < -0.4 is 5.32 Å². The molecule has 1 saturated carbocycles. The lowest BCUT2D eigenvalue weighted by atomic mass is 10.2. The topological polar surface area (TPSA) is 107 Å². The maximum atomic E-state index is 11.9. The number of nitrogens with one attached hydrogen (secondary N) is 1. The van der Waals surface area contributed by atoms with Crippen molar-refractivity contribution >= 4 is 18.0 Å². The van der Waals surface area contributed by atoms with E-state index in [9.17, 15) is 14.4 Å². The Kier molecular flexibility index (Phi) is 5.18. The summed E-state index contributed by atoms with van der Waals surface area (Å²) in [6.07, 6.45) is 6.52. The third kappa shape index (κ3) is 5.29. The fourth-order valence-electron chi connectivity index (χ4n) is 1.56. The van der Waals surface area contributed by atoms with Gasteiger partial charge in [0, 0.05) is 6.54 Å². The van der Waals surface area contributed by atoms with Gasteiger partial charge in [0.05, 0.1) is 13.0 Å². The highest BCUT2D eigenvalue weighted by molar-refractivity contribution is 5.86. The monoisotopic (exact) mass is 268 g/mol. The number of aliphatic carboxylic acids is 2. The molecule has 1 rings (SSSR count). The van der Waals surface area contributed by atoms with Gasteiger partial charge >= 0.3 is 18.0 Å². The van der Waals surface area contributed by atoms with Crippen molar-refractivity contribution in [1.82, 2.24) is 10.2 Å². The molecule has 1 aliphatic rings. The molecule has 0 aliphatic heterocycles. The van der Waals surface area contributed by atoms with Crippen LogP contribution in [0, 0.1) is 18.3 Å². The molecule has 3 N–H and O–H groups in total. The Morgan fingerprint density at radius 2 is 2.00 bits per heavy atom. The van der Waals surface area contributed by atoms with Gasteiger partial charge in [-0.25, -0.2) is 9.59 Å². The zero-order valence-electron chi connectivity index (χ0n) is 10.3. The molecule has 0 aromatic carbocycles. The van der Waals surface area contributed by atoms with Crippen molar-refractivity contribution in [1.29, 1.82) is 0 Å². The number of rotatable bonds is 7. The minimum Gasteiger partial charge on any atom is -0.481 e. The molecular formula is C12H16N2O5. The third-order valence-electron chi connectivity index (χ3n) is 2.72. The first kappa shape index (κ1) is 14.8. The van der Waals surface area contributed by atoms with Gasteiger partial charge in [0.15, 0.2) is 0 Å². The van der Waals surface area contributed by atoms with E-state index in [1.165, 1.54) is 4.90 Å². The Balaban J connectivity index is 2.58. The van der Waals surface area contributed by atoms with E-state index in [1.807, 2.05) is 0 Å². The average Bonchev–Trinajstić information content (AvgIpc) is 3.10. The Morgan fingerprint density at radius 1 is 1.37 bits per heavy atom. The molecule has 1 fully saturated rings. The van der Waals surface area contributed by atoms with Crippen molar-refractivity contribution in [3.63, 3.8) is 0 Å². The Bertz CT molecular complexity index is 411. The zero-order chi connectivity index (χ0) is 14.4. The van der Waals surface area contributed by atoms with Crippen molar-refractivity contribution in [3.8, 4) is 12.3 Å². The van der Waals surface area contributed by atoms with Crippen molar-refractivity contribution in [3.05, 3.63) is 0 Å². The standard InChI is InChI=1S/C12H16N2O5/c1-2-5-14(7-8-3-4-8)12(19)13-9(11(17)18)6-10(15)16/h1,8-9H,3-7H2,(H,13,19)(H,15,16)(H,17,18)/t9-/m0/s1. The van der Waals surface area contributed by atoms with E-state index in [4.69, 9.17) is 16.6 Å². The molecule has 0 radical (unpaired) electrons. The molecule has 0 spiro atoms. The Morgan fingerprint density at radius 3 is 2.42 bits per heavy atom. The first-order valence-corrected chi connectivity index (χ1v) is 5.87. The second-order valence-corrected chi connectivity index (χ2v) is 4.47. The first-order chi connectivity index (χ1) is 8.93. The second-order valence-electron chi connectivity index (χ2n) is 4.47. The van der Waals surface area contributed by atoms with Gasteiger partial charge in [-0.2, -0.15) is 0 Å². The number of urea groups is 1. The van der Waals surface area contributed by atoms with Crippen LogP contribution in [0.3, 0.4) is 0 Å². The molecule has 0 unspecified atom stereocenters. The summed E-state index contributed by atoms with van der Waals surface area (Å²) in [7, 11) is 0. The fourth-order valence-corrected chi connectivity index (χ4v) is 1.56. The summed E-state index contributed by atoms with van der Waals surface area (Å²) < 4.78 is 0. The van der Waals surface area contributed by atoms with Gasteiger partial charge in [-0.3, -0.25) is 4.79 Å². The van der Waals surface area contributed by atoms with Gasteiger partial charge in [-0.05, 0) is 18.8 Å². The minimum atomic E-state index is -1.45. The van der Waals surface area contributed by atoms with Crippen molar-refractivity contribution in [2.45, 2.75) is 25.3 Å². The van der Waals surface area contributed by atoms with Crippen molar-refractivity contribution in [2.75, 3.05) is 13.1 Å². The number of carbonyl (C=O) groups excluding carboxylic acids is 1. The summed E-state index contributed by atoms with van der Waals surface area (Å²) >= 11 is 0. The molecular weight excluding hydrogens is 252 g/mol. The van der Waals surface area contributed by atoms with Crippen LogP contribution in [0.1, 0.15) is 19.3 Å². The largest absolute Gasteiger partial charge is 0.481 e. The summed E-state index contributed by atoms with van der Waals surface area (Å²) in [6, 6.07) is -2.09. The summed E-state index contributed by atoms with van der Waals surface area (Å²) in [4.78, 5) is 34.6. The van der Waals surface area contributed by atoms with E-state index < -0.39 is 30.4 Å². The van der Waals surface area contributed by atoms with E-state index in [1.54, 1.807) is 0 Å². The number of nitrogens with zero attached hydrogens (tertiary/aromatic N) is 1. The van der Waals surface area contributed by atoms with Crippen molar-refractivity contribution in [2.24, 2.45) is 5.92 Å². The molecule has 1 aliphatic carbocycles. The molecule has 0 aromatic rings. The van der Waals surface area contributed by atoms with Crippen molar-refractivity contribution < 1.29 is 24.6 Å². The molecule has 104 valence electrons. The van der Waals surface area contributed by atoms with E-state index >= 15 is 0 Å².